The number of benzene rings is 2. The third-order valence-electron chi connectivity index (χ3n) is 4.34. The molecule has 8 nitrogen and oxygen atoms in total. The first kappa shape index (κ1) is 22.6. The fraction of sp³-hybridized carbons (Fsp3) is 0.190. The molecule has 0 atom stereocenters. The Balaban J connectivity index is 1.42. The van der Waals surface area contributed by atoms with Gasteiger partial charge in [-0.15, -0.1) is 11.3 Å². The zero-order valence-electron chi connectivity index (χ0n) is 16.6. The van der Waals surface area contributed by atoms with Crippen LogP contribution in [0.1, 0.15) is 16.8 Å². The number of carbonyl (C=O) groups is 2. The van der Waals surface area contributed by atoms with Gasteiger partial charge in [-0.05, 0) is 29.7 Å². The van der Waals surface area contributed by atoms with Crippen LogP contribution < -0.4 is 15.8 Å². The van der Waals surface area contributed by atoms with E-state index in [2.05, 4.69) is 15.6 Å². The fourth-order valence-electron chi connectivity index (χ4n) is 2.81. The zero-order valence-corrected chi connectivity index (χ0v) is 18.2. The number of nitrogens with two attached hydrogens (primary N) is 1. The van der Waals surface area contributed by atoms with Gasteiger partial charge >= 0.3 is 0 Å². The Kier molecular flexibility index (Phi) is 7.50. The van der Waals surface area contributed by atoms with Crippen LogP contribution in [0.15, 0.2) is 64.9 Å². The molecule has 0 fully saturated rings. The summed E-state index contributed by atoms with van der Waals surface area (Å²) in [7, 11) is -3.71. The minimum Gasteiger partial charge on any atom is -0.355 e. The van der Waals surface area contributed by atoms with E-state index in [1.54, 1.807) is 17.5 Å². The van der Waals surface area contributed by atoms with Crippen molar-refractivity contribution in [3.8, 4) is 0 Å². The van der Waals surface area contributed by atoms with E-state index in [4.69, 9.17) is 5.14 Å². The number of primary sulfonamides is 1. The van der Waals surface area contributed by atoms with Crippen LogP contribution in [0.4, 0.5) is 5.13 Å². The number of rotatable bonds is 9. The van der Waals surface area contributed by atoms with E-state index in [9.17, 15) is 18.0 Å². The zero-order chi connectivity index (χ0) is 22.3. The van der Waals surface area contributed by atoms with Gasteiger partial charge in [0, 0.05) is 11.9 Å². The van der Waals surface area contributed by atoms with E-state index in [0.717, 1.165) is 11.1 Å². The molecule has 10 heteroatoms. The molecule has 1 heterocycles. The first-order valence-corrected chi connectivity index (χ1v) is 11.9. The Hall–Kier alpha value is -3.08. The number of sulfonamides is 1. The summed E-state index contributed by atoms with van der Waals surface area (Å²) in [5, 5.41) is 12.8. The maximum absolute atomic E-state index is 12.1. The van der Waals surface area contributed by atoms with E-state index in [1.165, 1.54) is 23.5 Å². The van der Waals surface area contributed by atoms with Crippen LogP contribution in [0.3, 0.4) is 0 Å². The highest BCUT2D eigenvalue weighted by Gasteiger charge is 2.11. The lowest BCUT2D eigenvalue weighted by Crippen LogP contribution is -2.27. The molecular weight excluding hydrogens is 436 g/mol. The maximum atomic E-state index is 12.1. The minimum atomic E-state index is -3.71. The third-order valence-corrected chi connectivity index (χ3v) is 6.07. The predicted octanol–water partition coefficient (Wildman–Crippen LogP) is 1.87. The topological polar surface area (TPSA) is 131 Å². The van der Waals surface area contributed by atoms with Crippen molar-refractivity contribution in [3.05, 3.63) is 76.8 Å². The molecule has 4 N–H and O–H groups in total. The number of nitrogens with zero attached hydrogens (tertiary/aromatic N) is 1. The lowest BCUT2D eigenvalue weighted by Gasteiger charge is -2.05. The Bertz CT molecular complexity index is 1140. The van der Waals surface area contributed by atoms with Gasteiger partial charge < -0.3 is 10.6 Å². The van der Waals surface area contributed by atoms with E-state index < -0.39 is 10.0 Å². The van der Waals surface area contributed by atoms with Crippen LogP contribution >= 0.6 is 11.3 Å². The first-order valence-electron chi connectivity index (χ1n) is 9.46. The quantitative estimate of drug-likeness (QED) is 0.450. The Morgan fingerprint density at radius 1 is 0.935 bits per heavy atom. The highest BCUT2D eigenvalue weighted by Crippen LogP contribution is 2.16. The standard InChI is InChI=1S/C21H22N4O4S2/c22-31(28,29)18-8-6-15(7-9-18)10-11-23-19(26)13-17-14-30-21(24-17)25-20(27)12-16-4-2-1-3-5-16/h1-9,14H,10-13H2,(H,23,26)(H2,22,28,29)(H,24,25,27). The van der Waals surface area contributed by atoms with Crippen molar-refractivity contribution in [2.45, 2.75) is 24.2 Å². The normalized spacial score (nSPS) is 11.1. The van der Waals surface area contributed by atoms with Crippen molar-refractivity contribution in [1.82, 2.24) is 10.3 Å². The number of carbonyl (C=O) groups excluding carboxylic acids is 2. The van der Waals surface area contributed by atoms with Gasteiger partial charge in [0.1, 0.15) is 0 Å². The van der Waals surface area contributed by atoms with Crippen molar-refractivity contribution in [1.29, 1.82) is 0 Å². The first-order chi connectivity index (χ1) is 14.8. The van der Waals surface area contributed by atoms with Crippen molar-refractivity contribution in [2.75, 3.05) is 11.9 Å². The van der Waals surface area contributed by atoms with Gasteiger partial charge in [0.15, 0.2) is 5.13 Å². The van der Waals surface area contributed by atoms with Crippen molar-refractivity contribution in [2.24, 2.45) is 5.14 Å². The van der Waals surface area contributed by atoms with Gasteiger partial charge in [-0.2, -0.15) is 0 Å². The highest BCUT2D eigenvalue weighted by molar-refractivity contribution is 7.89. The molecule has 0 aliphatic heterocycles. The molecule has 1 aromatic heterocycles. The van der Waals surface area contributed by atoms with Gasteiger partial charge in [0.05, 0.1) is 23.4 Å². The molecule has 0 saturated heterocycles. The summed E-state index contributed by atoms with van der Waals surface area (Å²) in [5.74, 6) is -0.348. The third kappa shape index (κ3) is 7.28. The second-order valence-corrected chi connectivity index (χ2v) is 9.24. The monoisotopic (exact) mass is 458 g/mol. The lowest BCUT2D eigenvalue weighted by molar-refractivity contribution is -0.120. The summed E-state index contributed by atoms with van der Waals surface area (Å²) in [5.41, 5.74) is 2.37. The average Bonchev–Trinajstić information content (AvgIpc) is 3.15. The number of hydrogen-bond donors (Lipinski definition) is 3. The van der Waals surface area contributed by atoms with Gasteiger partial charge in [-0.25, -0.2) is 18.5 Å². The van der Waals surface area contributed by atoms with Crippen molar-refractivity contribution in [3.63, 3.8) is 0 Å². The molecule has 0 bridgehead atoms. The van der Waals surface area contributed by atoms with E-state index in [-0.39, 0.29) is 29.6 Å². The molecule has 0 aliphatic carbocycles. The molecule has 0 radical (unpaired) electrons. The second kappa shape index (κ2) is 10.3. The minimum absolute atomic E-state index is 0.0514. The number of anilines is 1. The van der Waals surface area contributed by atoms with Crippen LogP contribution in [-0.2, 0) is 38.9 Å². The van der Waals surface area contributed by atoms with Crippen LogP contribution in [0.5, 0.6) is 0 Å². The highest BCUT2D eigenvalue weighted by atomic mass is 32.2. The smallest absolute Gasteiger partial charge is 0.238 e. The molecule has 3 aromatic rings. The average molecular weight is 459 g/mol. The number of aromatic nitrogens is 1. The van der Waals surface area contributed by atoms with Gasteiger partial charge in [-0.3, -0.25) is 9.59 Å². The molecule has 0 aliphatic rings. The molecule has 2 amide bonds. The van der Waals surface area contributed by atoms with Gasteiger partial charge in [0.2, 0.25) is 21.8 Å². The van der Waals surface area contributed by atoms with Crippen LogP contribution in [-0.4, -0.2) is 31.8 Å². The molecule has 162 valence electrons. The molecule has 0 spiro atoms. The van der Waals surface area contributed by atoms with Crippen LogP contribution in [0.25, 0.3) is 0 Å². The van der Waals surface area contributed by atoms with E-state index >= 15 is 0 Å². The summed E-state index contributed by atoms with van der Waals surface area (Å²) >= 11 is 1.27. The summed E-state index contributed by atoms with van der Waals surface area (Å²) in [6.45, 7) is 0.401. The second-order valence-electron chi connectivity index (χ2n) is 6.82. The van der Waals surface area contributed by atoms with E-state index in [1.807, 2.05) is 30.3 Å². The molecular formula is C21H22N4O4S2. The number of amides is 2. The maximum Gasteiger partial charge on any atom is 0.238 e. The Morgan fingerprint density at radius 2 is 1.65 bits per heavy atom. The van der Waals surface area contributed by atoms with Gasteiger partial charge in [-0.1, -0.05) is 42.5 Å². The molecule has 2 aromatic carbocycles. The lowest BCUT2D eigenvalue weighted by atomic mass is 10.1. The fourth-order valence-corrected chi connectivity index (χ4v) is 4.05. The van der Waals surface area contributed by atoms with Crippen molar-refractivity contribution >= 4 is 38.3 Å². The SMILES string of the molecule is NS(=O)(=O)c1ccc(CCNC(=O)Cc2csc(NC(=O)Cc3ccccc3)n2)cc1. The number of hydrogen-bond acceptors (Lipinski definition) is 6. The summed E-state index contributed by atoms with van der Waals surface area (Å²) in [6.07, 6.45) is 0.915. The Labute approximate surface area is 184 Å². The molecule has 0 saturated carbocycles. The van der Waals surface area contributed by atoms with Crippen molar-refractivity contribution < 1.29 is 18.0 Å². The Morgan fingerprint density at radius 3 is 2.32 bits per heavy atom. The molecule has 0 unspecified atom stereocenters. The summed E-state index contributed by atoms with van der Waals surface area (Å²) in [6, 6.07) is 15.6. The van der Waals surface area contributed by atoms with Crippen LogP contribution in [0, 0.1) is 0 Å². The molecule has 3 rings (SSSR count). The largest absolute Gasteiger partial charge is 0.355 e. The summed E-state index contributed by atoms with van der Waals surface area (Å²) < 4.78 is 22.5. The number of nitrogens with one attached hydrogen (secondary N) is 2. The number of thiazole rings is 1. The van der Waals surface area contributed by atoms with Crippen LogP contribution in [0.2, 0.25) is 0 Å². The van der Waals surface area contributed by atoms with Gasteiger partial charge in [0.25, 0.3) is 0 Å². The predicted molar refractivity (Wildman–Crippen MR) is 119 cm³/mol. The summed E-state index contributed by atoms with van der Waals surface area (Å²) in [4.78, 5) is 28.6. The van der Waals surface area contributed by atoms with E-state index in [0.29, 0.717) is 23.8 Å². The molecule has 31 heavy (non-hydrogen) atoms.